The number of nitrogens with zero attached hydrogens (tertiary/aromatic N) is 1. The zero-order chi connectivity index (χ0) is 19.6. The lowest BCUT2D eigenvalue weighted by Crippen LogP contribution is -2.40. The van der Waals surface area contributed by atoms with Crippen LogP contribution >= 0.6 is 0 Å². The van der Waals surface area contributed by atoms with E-state index in [0.29, 0.717) is 19.0 Å². The fourth-order valence-corrected chi connectivity index (χ4v) is 3.10. The highest BCUT2D eigenvalue weighted by Gasteiger charge is 2.20. The first-order valence-corrected chi connectivity index (χ1v) is 9.43. The number of guanidine groups is 1. The smallest absolute Gasteiger partial charge is 0.310 e. The number of rotatable bonds is 8. The number of benzene rings is 1. The van der Waals surface area contributed by atoms with Gasteiger partial charge in [0.05, 0.1) is 26.2 Å². The molecule has 0 heterocycles. The third kappa shape index (κ3) is 6.05. The molecule has 0 spiro atoms. The first-order chi connectivity index (χ1) is 13.1. The molecule has 1 aliphatic rings. The van der Waals surface area contributed by atoms with Gasteiger partial charge >= 0.3 is 5.97 Å². The van der Waals surface area contributed by atoms with Crippen molar-refractivity contribution < 1.29 is 19.0 Å². The molecule has 150 valence electrons. The third-order valence-corrected chi connectivity index (χ3v) is 4.72. The summed E-state index contributed by atoms with van der Waals surface area (Å²) in [7, 11) is 4.74. The lowest BCUT2D eigenvalue weighted by molar-refractivity contribution is -0.144. The van der Waals surface area contributed by atoms with Crippen molar-refractivity contribution in [3.63, 3.8) is 0 Å². The Morgan fingerprint density at radius 2 is 2.00 bits per heavy atom. The number of hydrogen-bond donors (Lipinski definition) is 2. The van der Waals surface area contributed by atoms with Crippen LogP contribution in [0.5, 0.6) is 11.5 Å². The van der Waals surface area contributed by atoms with Crippen molar-refractivity contribution in [2.45, 2.75) is 45.3 Å². The molecule has 7 nitrogen and oxygen atoms in total. The third-order valence-electron chi connectivity index (χ3n) is 4.72. The van der Waals surface area contributed by atoms with Crippen LogP contribution in [-0.4, -0.2) is 45.8 Å². The topological polar surface area (TPSA) is 81.2 Å². The maximum Gasteiger partial charge on any atom is 0.310 e. The Morgan fingerprint density at radius 1 is 1.26 bits per heavy atom. The summed E-state index contributed by atoms with van der Waals surface area (Å²) in [5.41, 5.74) is 1.00. The lowest BCUT2D eigenvalue weighted by atomic mass is 10.1. The molecule has 7 heteroatoms. The van der Waals surface area contributed by atoms with Crippen LogP contribution in [0.15, 0.2) is 23.2 Å². The highest BCUT2D eigenvalue weighted by Crippen LogP contribution is 2.34. The molecule has 1 aromatic rings. The Bertz CT molecular complexity index is 642. The minimum absolute atomic E-state index is 0.249. The summed E-state index contributed by atoms with van der Waals surface area (Å²) in [5, 5.41) is 6.41. The van der Waals surface area contributed by atoms with Crippen molar-refractivity contribution in [1.29, 1.82) is 0 Å². The van der Waals surface area contributed by atoms with Gasteiger partial charge in [0.25, 0.3) is 0 Å². The fourth-order valence-electron chi connectivity index (χ4n) is 3.10. The Balaban J connectivity index is 1.99. The molecular weight excluding hydrogens is 346 g/mol. The number of hydrogen-bond acceptors (Lipinski definition) is 5. The van der Waals surface area contributed by atoms with Gasteiger partial charge in [-0.05, 0) is 31.7 Å². The van der Waals surface area contributed by atoms with Crippen LogP contribution in [0.4, 0.5) is 0 Å². The van der Waals surface area contributed by atoms with E-state index >= 15 is 0 Å². The summed E-state index contributed by atoms with van der Waals surface area (Å²) >= 11 is 0. The predicted molar refractivity (Wildman–Crippen MR) is 105 cm³/mol. The molecule has 1 atom stereocenters. The highest BCUT2D eigenvalue weighted by atomic mass is 16.5. The molecule has 1 saturated carbocycles. The average Bonchev–Trinajstić information content (AvgIpc) is 3.21. The second-order valence-corrected chi connectivity index (χ2v) is 6.70. The summed E-state index contributed by atoms with van der Waals surface area (Å²) in [6, 6.07) is 5.88. The summed E-state index contributed by atoms with van der Waals surface area (Å²) in [4.78, 5) is 15.7. The largest absolute Gasteiger partial charge is 0.493 e. The monoisotopic (exact) mass is 377 g/mol. The molecule has 1 unspecified atom stereocenters. The van der Waals surface area contributed by atoms with E-state index < -0.39 is 0 Å². The molecule has 1 fully saturated rings. The first kappa shape index (κ1) is 20.9. The number of ether oxygens (including phenoxy) is 3. The molecule has 0 amide bonds. The quantitative estimate of drug-likeness (QED) is 0.412. The standard InChI is InChI=1S/C20H31N3O4/c1-14(19(24)26-4)12-22-20(21-2)23-13-15-8-7-11-17(25-3)18(15)27-16-9-5-6-10-16/h7-8,11,14,16H,5-6,9-10,12-13H2,1-4H3,(H2,21,22,23). The molecular formula is C20H31N3O4. The van der Waals surface area contributed by atoms with Gasteiger partial charge in [-0.3, -0.25) is 9.79 Å². The Morgan fingerprint density at radius 3 is 2.63 bits per heavy atom. The molecule has 27 heavy (non-hydrogen) atoms. The van der Waals surface area contributed by atoms with Crippen LogP contribution in [0.1, 0.15) is 38.2 Å². The summed E-state index contributed by atoms with van der Waals surface area (Å²) in [5.74, 6) is 1.63. The fraction of sp³-hybridized carbons (Fsp3) is 0.600. The van der Waals surface area contributed by atoms with Crippen LogP contribution < -0.4 is 20.1 Å². The predicted octanol–water partition coefficient (Wildman–Crippen LogP) is 2.49. The van der Waals surface area contributed by atoms with Crippen LogP contribution in [0.25, 0.3) is 0 Å². The van der Waals surface area contributed by atoms with Crippen molar-refractivity contribution in [2.24, 2.45) is 10.9 Å². The van der Waals surface area contributed by atoms with E-state index in [1.807, 2.05) is 25.1 Å². The Hall–Kier alpha value is -2.44. The first-order valence-electron chi connectivity index (χ1n) is 9.43. The molecule has 1 aliphatic carbocycles. The minimum Gasteiger partial charge on any atom is -0.493 e. The zero-order valence-corrected chi connectivity index (χ0v) is 16.7. The zero-order valence-electron chi connectivity index (χ0n) is 16.7. The van der Waals surface area contributed by atoms with E-state index in [4.69, 9.17) is 14.2 Å². The van der Waals surface area contributed by atoms with Gasteiger partial charge in [0, 0.05) is 25.7 Å². The number of esters is 1. The molecule has 0 bridgehead atoms. The lowest BCUT2D eigenvalue weighted by Gasteiger charge is -2.20. The summed E-state index contributed by atoms with van der Waals surface area (Å²) in [6.45, 7) is 2.78. The van der Waals surface area contributed by atoms with Gasteiger partial charge in [-0.2, -0.15) is 0 Å². The Labute approximate surface area is 161 Å². The van der Waals surface area contributed by atoms with E-state index in [0.717, 1.165) is 29.9 Å². The number of methoxy groups -OCH3 is 2. The SMILES string of the molecule is CN=C(NCc1cccc(OC)c1OC1CCCC1)NCC(C)C(=O)OC. The summed E-state index contributed by atoms with van der Waals surface area (Å²) < 4.78 is 16.5. The molecule has 0 aromatic heterocycles. The van der Waals surface area contributed by atoms with E-state index in [1.54, 1.807) is 14.2 Å². The molecule has 2 N–H and O–H groups in total. The molecule has 0 radical (unpaired) electrons. The van der Waals surface area contributed by atoms with Gasteiger partial charge in [0.2, 0.25) is 0 Å². The van der Waals surface area contributed by atoms with E-state index in [2.05, 4.69) is 15.6 Å². The van der Waals surface area contributed by atoms with Gasteiger partial charge in [-0.1, -0.05) is 19.1 Å². The van der Waals surface area contributed by atoms with Gasteiger partial charge < -0.3 is 24.8 Å². The molecule has 0 saturated heterocycles. The number of para-hydroxylation sites is 1. The van der Waals surface area contributed by atoms with Crippen molar-refractivity contribution in [2.75, 3.05) is 27.8 Å². The van der Waals surface area contributed by atoms with Gasteiger partial charge in [0.15, 0.2) is 17.5 Å². The van der Waals surface area contributed by atoms with Crippen molar-refractivity contribution >= 4 is 11.9 Å². The summed E-state index contributed by atoms with van der Waals surface area (Å²) in [6.07, 6.45) is 4.84. The van der Waals surface area contributed by atoms with E-state index in [9.17, 15) is 4.79 Å². The van der Waals surface area contributed by atoms with Gasteiger partial charge in [-0.15, -0.1) is 0 Å². The van der Waals surface area contributed by atoms with Gasteiger partial charge in [-0.25, -0.2) is 0 Å². The minimum atomic E-state index is -0.258. The van der Waals surface area contributed by atoms with Crippen LogP contribution in [0.3, 0.4) is 0 Å². The molecule has 0 aliphatic heterocycles. The van der Waals surface area contributed by atoms with Crippen molar-refractivity contribution in [1.82, 2.24) is 10.6 Å². The molecule has 1 aromatic carbocycles. The van der Waals surface area contributed by atoms with E-state index in [-0.39, 0.29) is 18.0 Å². The molecule has 2 rings (SSSR count). The van der Waals surface area contributed by atoms with Crippen LogP contribution in [0.2, 0.25) is 0 Å². The maximum absolute atomic E-state index is 11.5. The highest BCUT2D eigenvalue weighted by molar-refractivity contribution is 5.80. The maximum atomic E-state index is 11.5. The number of carbonyl (C=O) groups is 1. The number of nitrogens with one attached hydrogen (secondary N) is 2. The average molecular weight is 377 g/mol. The Kier molecular flexibility index (Phi) is 8.23. The van der Waals surface area contributed by atoms with Crippen LogP contribution in [0, 0.1) is 5.92 Å². The second kappa shape index (κ2) is 10.6. The number of carbonyl (C=O) groups excluding carboxylic acids is 1. The van der Waals surface area contributed by atoms with Crippen molar-refractivity contribution in [3.8, 4) is 11.5 Å². The van der Waals surface area contributed by atoms with Crippen molar-refractivity contribution in [3.05, 3.63) is 23.8 Å². The number of aliphatic imine (C=N–C) groups is 1. The second-order valence-electron chi connectivity index (χ2n) is 6.70. The van der Waals surface area contributed by atoms with Crippen LogP contribution in [-0.2, 0) is 16.1 Å². The van der Waals surface area contributed by atoms with Gasteiger partial charge in [0.1, 0.15) is 0 Å². The normalized spacial score (nSPS) is 15.9. The van der Waals surface area contributed by atoms with E-state index in [1.165, 1.54) is 20.0 Å².